The van der Waals surface area contributed by atoms with Gasteiger partial charge in [-0.2, -0.15) is 0 Å². The maximum absolute atomic E-state index is 15.2. The van der Waals surface area contributed by atoms with Crippen LogP contribution in [0, 0.1) is 22.7 Å². The van der Waals surface area contributed by atoms with Crippen LogP contribution in [0.5, 0.6) is 0 Å². The Balaban J connectivity index is 3.34. The number of hydrogen-bond acceptors (Lipinski definition) is 3. The Morgan fingerprint density at radius 3 is 2.00 bits per heavy atom. The summed E-state index contributed by atoms with van der Waals surface area (Å²) in [6.45, 7) is 10.0. The Morgan fingerprint density at radius 2 is 1.67 bits per heavy atom. The number of esters is 2. The Bertz CT molecular complexity index is 427. The maximum Gasteiger partial charge on any atom is 0.317 e. The molecule has 2 atom stereocenters. The predicted octanol–water partition coefficient (Wildman–Crippen LogP) is 4.20. The lowest BCUT2D eigenvalue weighted by Crippen LogP contribution is -2.52. The smallest absolute Gasteiger partial charge is 0.317 e. The first kappa shape index (κ1) is 18.1. The highest BCUT2D eigenvalue weighted by Gasteiger charge is 2.61. The Kier molecular flexibility index (Phi) is 4.86. The molecule has 1 aliphatic rings. The normalized spacial score (nSPS) is 22.4. The highest BCUT2D eigenvalue weighted by Crippen LogP contribution is 2.55. The molecule has 0 spiro atoms. The van der Waals surface area contributed by atoms with Crippen molar-refractivity contribution >= 4 is 11.9 Å². The van der Waals surface area contributed by atoms with Crippen LogP contribution < -0.4 is 0 Å². The van der Waals surface area contributed by atoms with Crippen LogP contribution in [0.15, 0.2) is 0 Å². The fraction of sp³-hybridized carbons (Fsp3) is 0.875. The molecule has 1 heterocycles. The standard InChI is InChI=1S/C16H26F2O3/c1-7-14(3,4)12(10-9-11(19)21-13(10)20)16(17,18)15(5,6)8-2/h10,12H,7-9H2,1-6H3. The van der Waals surface area contributed by atoms with Gasteiger partial charge >= 0.3 is 11.9 Å². The molecular formula is C16H26F2O3. The van der Waals surface area contributed by atoms with Gasteiger partial charge in [-0.05, 0) is 11.8 Å². The molecule has 1 fully saturated rings. The zero-order valence-corrected chi connectivity index (χ0v) is 13.8. The Hall–Kier alpha value is -1.00. The molecule has 1 rings (SSSR count). The highest BCUT2D eigenvalue weighted by atomic mass is 19.3. The van der Waals surface area contributed by atoms with E-state index in [4.69, 9.17) is 0 Å². The van der Waals surface area contributed by atoms with Crippen LogP contribution >= 0.6 is 0 Å². The molecule has 0 amide bonds. The molecule has 1 aliphatic heterocycles. The van der Waals surface area contributed by atoms with Crippen molar-refractivity contribution in [3.05, 3.63) is 0 Å². The summed E-state index contributed by atoms with van der Waals surface area (Å²) < 4.78 is 34.9. The van der Waals surface area contributed by atoms with Crippen molar-refractivity contribution in [2.75, 3.05) is 0 Å². The van der Waals surface area contributed by atoms with Gasteiger partial charge in [0.05, 0.1) is 12.3 Å². The number of carbonyl (C=O) groups is 2. The van der Waals surface area contributed by atoms with E-state index in [2.05, 4.69) is 4.74 Å². The molecule has 3 nitrogen and oxygen atoms in total. The summed E-state index contributed by atoms with van der Waals surface area (Å²) in [7, 11) is 0. The molecule has 0 aromatic heterocycles. The van der Waals surface area contributed by atoms with E-state index >= 15 is 8.78 Å². The quantitative estimate of drug-likeness (QED) is 0.545. The maximum atomic E-state index is 15.2. The molecule has 0 radical (unpaired) electrons. The molecule has 0 saturated carbocycles. The molecule has 0 N–H and O–H groups in total. The van der Waals surface area contributed by atoms with Crippen molar-refractivity contribution in [1.82, 2.24) is 0 Å². The summed E-state index contributed by atoms with van der Waals surface area (Å²) in [6.07, 6.45) is 0.527. The topological polar surface area (TPSA) is 43.4 Å². The average Bonchev–Trinajstić information content (AvgIpc) is 2.67. The second kappa shape index (κ2) is 5.65. The first-order valence-corrected chi connectivity index (χ1v) is 7.53. The van der Waals surface area contributed by atoms with Crippen LogP contribution in [0.4, 0.5) is 8.78 Å². The molecular weight excluding hydrogens is 278 g/mol. The summed E-state index contributed by atoms with van der Waals surface area (Å²) in [5.41, 5.74) is -2.03. The first-order chi connectivity index (χ1) is 9.40. The van der Waals surface area contributed by atoms with Crippen LogP contribution in [-0.2, 0) is 14.3 Å². The molecule has 2 unspecified atom stereocenters. The van der Waals surface area contributed by atoms with Gasteiger partial charge in [0.2, 0.25) is 0 Å². The van der Waals surface area contributed by atoms with E-state index in [-0.39, 0.29) is 12.8 Å². The zero-order chi connectivity index (χ0) is 16.6. The third kappa shape index (κ3) is 3.11. The minimum absolute atomic E-state index is 0.248. The van der Waals surface area contributed by atoms with Gasteiger partial charge in [-0.3, -0.25) is 9.59 Å². The number of ether oxygens (including phenoxy) is 1. The Labute approximate surface area is 125 Å². The number of cyclic esters (lactones) is 2. The lowest BCUT2D eigenvalue weighted by molar-refractivity contribution is -0.200. The number of hydrogen-bond donors (Lipinski definition) is 0. The number of rotatable bonds is 6. The van der Waals surface area contributed by atoms with Gasteiger partial charge in [0, 0.05) is 11.3 Å². The lowest BCUT2D eigenvalue weighted by Gasteiger charge is -2.47. The van der Waals surface area contributed by atoms with E-state index in [9.17, 15) is 9.59 Å². The highest BCUT2D eigenvalue weighted by molar-refractivity contribution is 5.94. The number of alkyl halides is 2. The molecule has 0 aliphatic carbocycles. The van der Waals surface area contributed by atoms with Crippen LogP contribution in [-0.4, -0.2) is 17.9 Å². The van der Waals surface area contributed by atoms with Crippen molar-refractivity contribution in [2.24, 2.45) is 22.7 Å². The summed E-state index contributed by atoms with van der Waals surface area (Å²) in [6, 6.07) is 0. The van der Waals surface area contributed by atoms with Gasteiger partial charge in [-0.25, -0.2) is 8.78 Å². The van der Waals surface area contributed by atoms with Crippen molar-refractivity contribution < 1.29 is 23.1 Å². The second-order valence-corrected chi connectivity index (χ2v) is 7.28. The fourth-order valence-electron chi connectivity index (χ4n) is 2.91. The van der Waals surface area contributed by atoms with Gasteiger partial charge < -0.3 is 4.74 Å². The van der Waals surface area contributed by atoms with Crippen LogP contribution in [0.2, 0.25) is 0 Å². The van der Waals surface area contributed by atoms with Gasteiger partial charge in [-0.1, -0.05) is 48.0 Å². The monoisotopic (exact) mass is 304 g/mol. The average molecular weight is 304 g/mol. The Morgan fingerprint density at radius 1 is 1.14 bits per heavy atom. The molecule has 1 saturated heterocycles. The van der Waals surface area contributed by atoms with Crippen molar-refractivity contribution in [3.8, 4) is 0 Å². The molecule has 0 bridgehead atoms. The number of carbonyl (C=O) groups excluding carboxylic acids is 2. The molecule has 122 valence electrons. The van der Waals surface area contributed by atoms with Gasteiger partial charge in [0.1, 0.15) is 0 Å². The van der Waals surface area contributed by atoms with Crippen LogP contribution in [0.25, 0.3) is 0 Å². The van der Waals surface area contributed by atoms with E-state index in [0.29, 0.717) is 6.42 Å². The van der Waals surface area contributed by atoms with E-state index in [0.717, 1.165) is 0 Å². The van der Waals surface area contributed by atoms with Crippen molar-refractivity contribution in [1.29, 1.82) is 0 Å². The van der Waals surface area contributed by atoms with E-state index in [1.54, 1.807) is 20.8 Å². The predicted molar refractivity (Wildman–Crippen MR) is 75.8 cm³/mol. The zero-order valence-electron chi connectivity index (χ0n) is 13.8. The van der Waals surface area contributed by atoms with E-state index in [1.807, 2.05) is 6.92 Å². The van der Waals surface area contributed by atoms with E-state index < -0.39 is 40.5 Å². The third-order valence-electron chi connectivity index (χ3n) is 5.24. The number of halogens is 2. The minimum Gasteiger partial charge on any atom is -0.393 e. The molecule has 0 aromatic rings. The van der Waals surface area contributed by atoms with Gasteiger partial charge in [0.25, 0.3) is 5.92 Å². The van der Waals surface area contributed by atoms with Crippen LogP contribution in [0.3, 0.4) is 0 Å². The van der Waals surface area contributed by atoms with Crippen molar-refractivity contribution in [2.45, 2.75) is 66.7 Å². The largest absolute Gasteiger partial charge is 0.393 e. The van der Waals surface area contributed by atoms with E-state index in [1.165, 1.54) is 13.8 Å². The molecule has 21 heavy (non-hydrogen) atoms. The summed E-state index contributed by atoms with van der Waals surface area (Å²) in [5.74, 6) is -6.86. The van der Waals surface area contributed by atoms with Gasteiger partial charge in [-0.15, -0.1) is 0 Å². The fourth-order valence-corrected chi connectivity index (χ4v) is 2.91. The van der Waals surface area contributed by atoms with Crippen LogP contribution in [0.1, 0.15) is 60.8 Å². The SMILES string of the molecule is CCC(C)(C)C(C1CC(=O)OC1=O)C(F)(F)C(C)(C)CC. The van der Waals surface area contributed by atoms with Gasteiger partial charge in [0.15, 0.2) is 0 Å². The molecule has 0 aromatic carbocycles. The minimum atomic E-state index is -3.07. The second-order valence-electron chi connectivity index (χ2n) is 7.28. The summed E-state index contributed by atoms with van der Waals surface area (Å²) in [5, 5.41) is 0. The third-order valence-corrected chi connectivity index (χ3v) is 5.24. The van der Waals surface area contributed by atoms with Crippen molar-refractivity contribution in [3.63, 3.8) is 0 Å². The molecule has 5 heteroatoms. The first-order valence-electron chi connectivity index (χ1n) is 7.53. The lowest BCUT2D eigenvalue weighted by atomic mass is 9.61. The summed E-state index contributed by atoms with van der Waals surface area (Å²) in [4.78, 5) is 23.2. The summed E-state index contributed by atoms with van der Waals surface area (Å²) >= 11 is 0.